The van der Waals surface area contributed by atoms with Gasteiger partial charge in [-0.1, -0.05) is 15.9 Å². The third-order valence-electron chi connectivity index (χ3n) is 1.32. The molecule has 0 bridgehead atoms. The molecular formula is C5H8BrO. The zero-order valence-corrected chi connectivity index (χ0v) is 5.65. The second kappa shape index (κ2) is 2.14. The predicted molar refractivity (Wildman–Crippen MR) is 31.0 cm³/mol. The lowest BCUT2D eigenvalue weighted by atomic mass is 10.3. The Hall–Kier alpha value is 0.440. The molecule has 0 aliphatic heterocycles. The van der Waals surface area contributed by atoms with E-state index in [0.717, 1.165) is 19.3 Å². The highest BCUT2D eigenvalue weighted by Crippen LogP contribution is 2.25. The molecule has 0 aromatic heterocycles. The maximum Gasteiger partial charge on any atom is 0.0941 e. The van der Waals surface area contributed by atoms with Gasteiger partial charge in [-0.05, 0) is 19.3 Å². The molecule has 1 radical (unpaired) electrons. The van der Waals surface area contributed by atoms with E-state index in [1.807, 2.05) is 0 Å². The largest absolute Gasteiger partial charge is 0.233 e. The van der Waals surface area contributed by atoms with Crippen molar-refractivity contribution in [3.63, 3.8) is 0 Å². The number of alkyl halides is 1. The van der Waals surface area contributed by atoms with Crippen LogP contribution in [0.4, 0.5) is 0 Å². The lowest BCUT2D eigenvalue weighted by Gasteiger charge is -1.91. The number of halogens is 1. The highest BCUT2D eigenvalue weighted by molar-refractivity contribution is 9.09. The topological polar surface area (TPSA) is 19.9 Å². The van der Waals surface area contributed by atoms with Gasteiger partial charge >= 0.3 is 0 Å². The summed E-state index contributed by atoms with van der Waals surface area (Å²) in [6.45, 7) is 0. The number of rotatable bonds is 0. The summed E-state index contributed by atoms with van der Waals surface area (Å²) in [6, 6.07) is 0. The molecule has 1 nitrogen and oxygen atoms in total. The maximum absolute atomic E-state index is 10.5. The van der Waals surface area contributed by atoms with Crippen molar-refractivity contribution in [1.29, 1.82) is 0 Å². The van der Waals surface area contributed by atoms with E-state index in [1.165, 1.54) is 0 Å². The molecule has 7 heavy (non-hydrogen) atoms. The zero-order valence-electron chi connectivity index (χ0n) is 4.06. The van der Waals surface area contributed by atoms with Gasteiger partial charge in [-0.2, -0.15) is 0 Å². The Labute approximate surface area is 51.9 Å². The average molecular weight is 164 g/mol. The molecule has 0 saturated heterocycles. The van der Waals surface area contributed by atoms with Crippen molar-refractivity contribution >= 4 is 15.9 Å². The van der Waals surface area contributed by atoms with E-state index in [1.54, 1.807) is 0 Å². The van der Waals surface area contributed by atoms with Crippen LogP contribution in [0.25, 0.3) is 0 Å². The third kappa shape index (κ3) is 1.42. The fourth-order valence-electron chi connectivity index (χ4n) is 0.888. The first kappa shape index (κ1) is 5.57. The molecule has 2 heteroatoms. The second-order valence-electron chi connectivity index (χ2n) is 2.03. The first-order valence-corrected chi connectivity index (χ1v) is 3.50. The first-order chi connectivity index (χ1) is 3.29. The summed E-state index contributed by atoms with van der Waals surface area (Å²) in [4.78, 5) is 0.523. The van der Waals surface area contributed by atoms with Crippen molar-refractivity contribution in [2.45, 2.75) is 30.2 Å². The lowest BCUT2D eigenvalue weighted by Crippen LogP contribution is -1.95. The van der Waals surface area contributed by atoms with E-state index >= 15 is 0 Å². The molecule has 0 amide bonds. The van der Waals surface area contributed by atoms with Gasteiger partial charge in [-0.15, -0.1) is 0 Å². The SMILES string of the molecule is [O]C1CCC(Br)C1. The molecular weight excluding hydrogens is 156 g/mol. The standard InChI is InChI=1S/C5H8BrO/c6-4-1-2-5(7)3-4/h4-5H,1-3H2. The molecule has 41 valence electrons. The van der Waals surface area contributed by atoms with E-state index in [9.17, 15) is 5.11 Å². The van der Waals surface area contributed by atoms with Crippen molar-refractivity contribution in [1.82, 2.24) is 0 Å². The van der Waals surface area contributed by atoms with E-state index in [2.05, 4.69) is 15.9 Å². The summed E-state index contributed by atoms with van der Waals surface area (Å²) in [6.07, 6.45) is 2.51. The van der Waals surface area contributed by atoms with Crippen molar-refractivity contribution in [3.05, 3.63) is 0 Å². The predicted octanol–water partition coefficient (Wildman–Crippen LogP) is 1.73. The molecule has 1 fully saturated rings. The quantitative estimate of drug-likeness (QED) is 0.486. The summed E-state index contributed by atoms with van der Waals surface area (Å²) in [5, 5.41) is 10.5. The fraction of sp³-hybridized carbons (Fsp3) is 1.00. The lowest BCUT2D eigenvalue weighted by molar-refractivity contribution is 0.0961. The van der Waals surface area contributed by atoms with Gasteiger partial charge in [-0.25, -0.2) is 5.11 Å². The van der Waals surface area contributed by atoms with Gasteiger partial charge in [0.2, 0.25) is 0 Å². The van der Waals surface area contributed by atoms with Crippen molar-refractivity contribution in [2.75, 3.05) is 0 Å². The van der Waals surface area contributed by atoms with Gasteiger partial charge < -0.3 is 0 Å². The van der Waals surface area contributed by atoms with E-state index in [0.29, 0.717) is 4.83 Å². The van der Waals surface area contributed by atoms with Crippen molar-refractivity contribution in [2.24, 2.45) is 0 Å². The Balaban J connectivity index is 2.26. The van der Waals surface area contributed by atoms with Gasteiger partial charge in [0.15, 0.2) is 0 Å². The second-order valence-corrected chi connectivity index (χ2v) is 3.33. The van der Waals surface area contributed by atoms with Crippen LogP contribution in [0, 0.1) is 0 Å². The van der Waals surface area contributed by atoms with Crippen LogP contribution in [0.5, 0.6) is 0 Å². The fourth-order valence-corrected chi connectivity index (χ4v) is 1.57. The minimum atomic E-state index is -0.274. The minimum absolute atomic E-state index is 0.274. The van der Waals surface area contributed by atoms with Gasteiger partial charge in [0, 0.05) is 4.83 Å². The Bertz CT molecular complexity index is 57.1. The van der Waals surface area contributed by atoms with Crippen LogP contribution < -0.4 is 0 Å². The normalized spacial score (nSPS) is 42.0. The van der Waals surface area contributed by atoms with Crippen LogP contribution in [0.3, 0.4) is 0 Å². The minimum Gasteiger partial charge on any atom is -0.233 e. The van der Waals surface area contributed by atoms with E-state index < -0.39 is 0 Å². The molecule has 0 heterocycles. The van der Waals surface area contributed by atoms with Crippen LogP contribution in [-0.4, -0.2) is 10.9 Å². The molecule has 2 atom stereocenters. The number of hydrogen-bond acceptors (Lipinski definition) is 0. The highest BCUT2D eigenvalue weighted by atomic mass is 79.9. The Morgan fingerprint density at radius 1 is 1.43 bits per heavy atom. The van der Waals surface area contributed by atoms with Crippen LogP contribution in [0.2, 0.25) is 0 Å². The maximum atomic E-state index is 10.5. The van der Waals surface area contributed by atoms with Gasteiger partial charge in [0.05, 0.1) is 6.10 Å². The summed E-state index contributed by atoms with van der Waals surface area (Å²) in [7, 11) is 0. The zero-order chi connectivity index (χ0) is 5.28. The summed E-state index contributed by atoms with van der Waals surface area (Å²) < 4.78 is 0. The Morgan fingerprint density at radius 2 is 2.14 bits per heavy atom. The summed E-state index contributed by atoms with van der Waals surface area (Å²) in [5.41, 5.74) is 0. The van der Waals surface area contributed by atoms with E-state index in [-0.39, 0.29) is 6.10 Å². The van der Waals surface area contributed by atoms with Crippen LogP contribution in [0.15, 0.2) is 0 Å². The monoisotopic (exact) mass is 163 g/mol. The molecule has 0 aromatic carbocycles. The number of hydrogen-bond donors (Lipinski definition) is 0. The summed E-state index contributed by atoms with van der Waals surface area (Å²) in [5.74, 6) is 0. The van der Waals surface area contributed by atoms with Gasteiger partial charge in [0.25, 0.3) is 0 Å². The average Bonchev–Trinajstić information content (AvgIpc) is 1.87. The van der Waals surface area contributed by atoms with Crippen LogP contribution >= 0.6 is 15.9 Å². The van der Waals surface area contributed by atoms with Crippen LogP contribution in [0.1, 0.15) is 19.3 Å². The Morgan fingerprint density at radius 3 is 2.29 bits per heavy atom. The van der Waals surface area contributed by atoms with Crippen LogP contribution in [-0.2, 0) is 5.11 Å². The molecule has 1 aliphatic rings. The first-order valence-electron chi connectivity index (χ1n) is 2.59. The molecule has 0 spiro atoms. The molecule has 1 rings (SSSR count). The van der Waals surface area contributed by atoms with Crippen molar-refractivity contribution in [3.8, 4) is 0 Å². The molecule has 1 aliphatic carbocycles. The van der Waals surface area contributed by atoms with Crippen molar-refractivity contribution < 1.29 is 5.11 Å². The highest BCUT2D eigenvalue weighted by Gasteiger charge is 2.20. The third-order valence-corrected chi connectivity index (χ3v) is 2.15. The van der Waals surface area contributed by atoms with Gasteiger partial charge in [-0.3, -0.25) is 0 Å². The summed E-state index contributed by atoms with van der Waals surface area (Å²) >= 11 is 3.38. The molecule has 2 unspecified atom stereocenters. The van der Waals surface area contributed by atoms with Gasteiger partial charge in [0.1, 0.15) is 0 Å². The molecule has 0 aromatic rings. The molecule has 0 N–H and O–H groups in total. The smallest absolute Gasteiger partial charge is 0.0941 e. The molecule has 1 saturated carbocycles. The van der Waals surface area contributed by atoms with E-state index in [4.69, 9.17) is 0 Å². The Kier molecular flexibility index (Phi) is 1.70.